The monoisotopic (exact) mass is 198 g/mol. The predicted octanol–water partition coefficient (Wildman–Crippen LogP) is 1.41. The van der Waals surface area contributed by atoms with E-state index in [-0.39, 0.29) is 5.91 Å². The maximum atomic E-state index is 11.6. The molecule has 0 aliphatic heterocycles. The van der Waals surface area contributed by atoms with E-state index in [0.29, 0.717) is 13.1 Å². The van der Waals surface area contributed by atoms with Gasteiger partial charge in [-0.25, -0.2) is 0 Å². The number of rotatable bonds is 7. The Hall–Kier alpha value is -0.830. The van der Waals surface area contributed by atoms with E-state index in [9.17, 15) is 4.79 Å². The fraction of sp³-hybridized carbons (Fsp3) is 0.727. The lowest BCUT2D eigenvalue weighted by Crippen LogP contribution is -2.39. The van der Waals surface area contributed by atoms with Crippen molar-refractivity contribution in [2.45, 2.75) is 27.2 Å². The molecule has 0 fully saturated rings. The molecule has 14 heavy (non-hydrogen) atoms. The van der Waals surface area contributed by atoms with Crippen molar-refractivity contribution in [2.24, 2.45) is 0 Å². The van der Waals surface area contributed by atoms with Crippen LogP contribution >= 0.6 is 0 Å². The van der Waals surface area contributed by atoms with Crippen LogP contribution in [0.15, 0.2) is 12.2 Å². The zero-order valence-corrected chi connectivity index (χ0v) is 9.60. The van der Waals surface area contributed by atoms with Gasteiger partial charge in [0.15, 0.2) is 0 Å². The maximum Gasteiger partial charge on any atom is 0.236 e. The van der Waals surface area contributed by atoms with Crippen LogP contribution in [0.1, 0.15) is 27.2 Å². The number of hydrogen-bond donors (Lipinski definition) is 1. The van der Waals surface area contributed by atoms with Crippen LogP contribution < -0.4 is 5.32 Å². The molecule has 0 aromatic heterocycles. The molecule has 82 valence electrons. The summed E-state index contributed by atoms with van der Waals surface area (Å²) in [4.78, 5) is 13.4. The molecule has 1 N–H and O–H groups in total. The van der Waals surface area contributed by atoms with E-state index in [4.69, 9.17) is 0 Å². The minimum atomic E-state index is 0.156. The lowest BCUT2D eigenvalue weighted by molar-refractivity contribution is -0.129. The van der Waals surface area contributed by atoms with E-state index in [1.54, 1.807) is 0 Å². The first-order valence-corrected chi connectivity index (χ1v) is 5.24. The Morgan fingerprint density at radius 1 is 1.43 bits per heavy atom. The van der Waals surface area contributed by atoms with Gasteiger partial charge < -0.3 is 10.2 Å². The van der Waals surface area contributed by atoms with Gasteiger partial charge in [0.2, 0.25) is 5.91 Å². The topological polar surface area (TPSA) is 32.3 Å². The Labute approximate surface area is 87.2 Å². The van der Waals surface area contributed by atoms with Crippen LogP contribution in [0.2, 0.25) is 0 Å². The number of likely N-dealkylation sites (N-methyl/N-ethyl adjacent to an activating group) is 1. The van der Waals surface area contributed by atoms with Crippen LogP contribution in [-0.4, -0.2) is 37.0 Å². The number of amides is 1. The Kier molecular flexibility index (Phi) is 7.11. The molecule has 0 spiro atoms. The average Bonchev–Trinajstić information content (AvgIpc) is 2.14. The molecule has 0 bridgehead atoms. The lowest BCUT2D eigenvalue weighted by atomic mass is 10.3. The molecule has 0 rings (SSSR count). The highest BCUT2D eigenvalue weighted by molar-refractivity contribution is 5.78. The number of carbonyl (C=O) groups excluding carboxylic acids is 1. The molecular weight excluding hydrogens is 176 g/mol. The summed E-state index contributed by atoms with van der Waals surface area (Å²) in [5.41, 5.74) is 1.02. The minimum Gasteiger partial charge on any atom is -0.338 e. The molecule has 1 amide bonds. The van der Waals surface area contributed by atoms with E-state index in [1.165, 1.54) is 0 Å². The van der Waals surface area contributed by atoms with E-state index in [0.717, 1.165) is 25.1 Å². The third kappa shape index (κ3) is 5.75. The van der Waals surface area contributed by atoms with Crippen molar-refractivity contribution >= 4 is 5.91 Å². The van der Waals surface area contributed by atoms with Crippen LogP contribution in [0.3, 0.4) is 0 Å². The third-order valence-corrected chi connectivity index (χ3v) is 1.90. The summed E-state index contributed by atoms with van der Waals surface area (Å²) < 4.78 is 0. The Balaban J connectivity index is 3.85. The molecule has 0 saturated carbocycles. The number of hydrogen-bond acceptors (Lipinski definition) is 2. The molecule has 0 unspecified atom stereocenters. The summed E-state index contributed by atoms with van der Waals surface area (Å²) in [6, 6.07) is 0. The second-order valence-electron chi connectivity index (χ2n) is 3.54. The van der Waals surface area contributed by atoms with E-state index >= 15 is 0 Å². The quantitative estimate of drug-likeness (QED) is 0.495. The standard InChI is InChI=1S/C11H22N2O/c1-5-7-12-8-11(14)13(6-2)9-10(3)4/h12H,3,5-9H2,1-2,4H3. The fourth-order valence-corrected chi connectivity index (χ4v) is 1.19. The number of nitrogens with zero attached hydrogens (tertiary/aromatic N) is 1. The van der Waals surface area contributed by atoms with Crippen molar-refractivity contribution in [3.63, 3.8) is 0 Å². The van der Waals surface area contributed by atoms with Gasteiger partial charge in [0.1, 0.15) is 0 Å². The largest absolute Gasteiger partial charge is 0.338 e. The molecular formula is C11H22N2O. The zero-order valence-electron chi connectivity index (χ0n) is 9.60. The molecule has 3 heteroatoms. The summed E-state index contributed by atoms with van der Waals surface area (Å²) in [7, 11) is 0. The smallest absolute Gasteiger partial charge is 0.236 e. The van der Waals surface area contributed by atoms with Crippen LogP contribution in [0.25, 0.3) is 0 Å². The predicted molar refractivity (Wildman–Crippen MR) is 60.2 cm³/mol. The second kappa shape index (κ2) is 7.56. The highest BCUT2D eigenvalue weighted by Crippen LogP contribution is 1.95. The van der Waals surface area contributed by atoms with Gasteiger partial charge in [-0.05, 0) is 26.8 Å². The fourth-order valence-electron chi connectivity index (χ4n) is 1.19. The van der Waals surface area contributed by atoms with Gasteiger partial charge in [0.25, 0.3) is 0 Å². The molecule has 0 heterocycles. The SMILES string of the molecule is C=C(C)CN(CC)C(=O)CNCCC. The molecule has 0 atom stereocenters. The van der Waals surface area contributed by atoms with Crippen molar-refractivity contribution < 1.29 is 4.79 Å². The Bertz CT molecular complexity index is 190. The van der Waals surface area contributed by atoms with Gasteiger partial charge in [0.05, 0.1) is 6.54 Å². The number of nitrogens with one attached hydrogen (secondary N) is 1. The minimum absolute atomic E-state index is 0.156. The van der Waals surface area contributed by atoms with Crippen LogP contribution in [-0.2, 0) is 4.79 Å². The number of carbonyl (C=O) groups is 1. The van der Waals surface area contributed by atoms with Gasteiger partial charge in [-0.15, -0.1) is 0 Å². The molecule has 0 aliphatic rings. The van der Waals surface area contributed by atoms with E-state index in [2.05, 4.69) is 18.8 Å². The Morgan fingerprint density at radius 2 is 2.07 bits per heavy atom. The van der Waals surface area contributed by atoms with Crippen molar-refractivity contribution in [2.75, 3.05) is 26.2 Å². The molecule has 0 aliphatic carbocycles. The molecule has 0 aromatic carbocycles. The van der Waals surface area contributed by atoms with Crippen molar-refractivity contribution in [3.8, 4) is 0 Å². The van der Waals surface area contributed by atoms with Gasteiger partial charge in [0, 0.05) is 13.1 Å². The summed E-state index contributed by atoms with van der Waals surface area (Å²) in [5, 5.41) is 3.10. The van der Waals surface area contributed by atoms with Gasteiger partial charge >= 0.3 is 0 Å². The maximum absolute atomic E-state index is 11.6. The lowest BCUT2D eigenvalue weighted by Gasteiger charge is -2.21. The molecule has 0 saturated heterocycles. The molecule has 0 aromatic rings. The summed E-state index contributed by atoms with van der Waals surface area (Å²) >= 11 is 0. The average molecular weight is 198 g/mol. The van der Waals surface area contributed by atoms with Gasteiger partial charge in [-0.3, -0.25) is 4.79 Å². The van der Waals surface area contributed by atoms with Crippen molar-refractivity contribution in [3.05, 3.63) is 12.2 Å². The van der Waals surface area contributed by atoms with E-state index in [1.807, 2.05) is 18.7 Å². The van der Waals surface area contributed by atoms with Gasteiger partial charge in [-0.2, -0.15) is 0 Å². The normalized spacial score (nSPS) is 9.93. The van der Waals surface area contributed by atoms with Crippen molar-refractivity contribution in [1.29, 1.82) is 0 Å². The first-order valence-electron chi connectivity index (χ1n) is 5.24. The summed E-state index contributed by atoms with van der Waals surface area (Å²) in [5.74, 6) is 0.156. The third-order valence-electron chi connectivity index (χ3n) is 1.90. The zero-order chi connectivity index (χ0) is 11.0. The first kappa shape index (κ1) is 13.2. The Morgan fingerprint density at radius 3 is 2.50 bits per heavy atom. The van der Waals surface area contributed by atoms with E-state index < -0.39 is 0 Å². The summed E-state index contributed by atoms with van der Waals surface area (Å²) in [6.45, 7) is 12.6. The van der Waals surface area contributed by atoms with Crippen LogP contribution in [0.4, 0.5) is 0 Å². The highest BCUT2D eigenvalue weighted by Gasteiger charge is 2.09. The second-order valence-corrected chi connectivity index (χ2v) is 3.54. The van der Waals surface area contributed by atoms with Crippen LogP contribution in [0.5, 0.6) is 0 Å². The molecule has 0 radical (unpaired) electrons. The first-order chi connectivity index (χ1) is 6.61. The van der Waals surface area contributed by atoms with Gasteiger partial charge in [-0.1, -0.05) is 19.1 Å². The summed E-state index contributed by atoms with van der Waals surface area (Å²) in [6.07, 6.45) is 1.06. The van der Waals surface area contributed by atoms with Crippen LogP contribution in [0, 0.1) is 0 Å². The highest BCUT2D eigenvalue weighted by atomic mass is 16.2. The molecule has 3 nitrogen and oxygen atoms in total. The van der Waals surface area contributed by atoms with Crippen molar-refractivity contribution in [1.82, 2.24) is 10.2 Å².